The van der Waals surface area contributed by atoms with Crippen LogP contribution in [0.1, 0.15) is 32.0 Å². The Morgan fingerprint density at radius 1 is 1.10 bits per heavy atom. The summed E-state index contributed by atoms with van der Waals surface area (Å²) in [6, 6.07) is 11.8. The molecule has 4 heteroatoms. The predicted octanol–water partition coefficient (Wildman–Crippen LogP) is 3.94. The van der Waals surface area contributed by atoms with Crippen molar-refractivity contribution in [1.82, 2.24) is 10.3 Å². The zero-order chi connectivity index (χ0) is 15.1. The molecule has 1 aromatic carbocycles. The first-order chi connectivity index (χ1) is 10.3. The van der Waals surface area contributed by atoms with E-state index >= 15 is 0 Å². The first-order valence-electron chi connectivity index (χ1n) is 7.31. The molecule has 0 aliphatic rings. The average molecular weight is 286 g/mol. The maximum atomic E-state index is 5.86. The van der Waals surface area contributed by atoms with Crippen LogP contribution in [0, 0.1) is 0 Å². The lowest BCUT2D eigenvalue weighted by Gasteiger charge is -2.14. The summed E-state index contributed by atoms with van der Waals surface area (Å²) in [5.41, 5.74) is 1.02. The minimum atomic E-state index is 0.273. The summed E-state index contributed by atoms with van der Waals surface area (Å²) in [4.78, 5) is 4.46. The molecule has 2 aromatic rings. The fraction of sp³-hybridized carbons (Fsp3) is 0.353. The van der Waals surface area contributed by atoms with Crippen LogP contribution in [0.2, 0.25) is 0 Å². The lowest BCUT2D eigenvalue weighted by molar-refractivity contribution is 0.321. The highest BCUT2D eigenvalue weighted by molar-refractivity contribution is 5.42. The summed E-state index contributed by atoms with van der Waals surface area (Å²) < 4.78 is 11.4. The number of hydrogen-bond acceptors (Lipinski definition) is 4. The van der Waals surface area contributed by atoms with E-state index in [1.807, 2.05) is 50.4 Å². The van der Waals surface area contributed by atoms with Crippen LogP contribution in [0.15, 0.2) is 42.6 Å². The molecule has 1 N–H and O–H groups in total. The Labute approximate surface area is 126 Å². The summed E-state index contributed by atoms with van der Waals surface area (Å²) in [7, 11) is 1.94. The van der Waals surface area contributed by atoms with Gasteiger partial charge in [0.05, 0.1) is 18.5 Å². The summed E-state index contributed by atoms with van der Waals surface area (Å²) in [6.07, 6.45) is 2.74. The Morgan fingerprint density at radius 2 is 1.86 bits per heavy atom. The zero-order valence-corrected chi connectivity index (χ0v) is 12.8. The smallest absolute Gasteiger partial charge is 0.169 e. The Kier molecular flexibility index (Phi) is 5.58. The highest BCUT2D eigenvalue weighted by atomic mass is 16.5. The van der Waals surface area contributed by atoms with Crippen molar-refractivity contribution in [1.29, 1.82) is 0 Å². The van der Waals surface area contributed by atoms with Crippen LogP contribution in [0.3, 0.4) is 0 Å². The number of para-hydroxylation sites is 2. The third-order valence-corrected chi connectivity index (χ3v) is 3.25. The molecule has 2 rings (SSSR count). The average Bonchev–Trinajstić information content (AvgIpc) is 2.52. The van der Waals surface area contributed by atoms with Gasteiger partial charge in [-0.2, -0.15) is 0 Å². The van der Waals surface area contributed by atoms with Crippen LogP contribution < -0.4 is 14.8 Å². The van der Waals surface area contributed by atoms with Crippen molar-refractivity contribution in [2.45, 2.75) is 26.3 Å². The first kappa shape index (κ1) is 15.3. The van der Waals surface area contributed by atoms with Gasteiger partial charge in [-0.3, -0.25) is 4.98 Å². The zero-order valence-electron chi connectivity index (χ0n) is 12.8. The van der Waals surface area contributed by atoms with Crippen molar-refractivity contribution in [2.24, 2.45) is 0 Å². The standard InChI is InChI=1S/C17H22N2O2/c1-4-14(18-3)15-11-10-13(12-19-15)21-17-9-7-6-8-16(17)20-5-2/h6-12,14,18H,4-5H2,1-3H3. The molecule has 0 saturated heterocycles. The fourth-order valence-corrected chi connectivity index (χ4v) is 2.16. The van der Waals surface area contributed by atoms with Gasteiger partial charge in [0, 0.05) is 6.04 Å². The number of nitrogens with zero attached hydrogens (tertiary/aromatic N) is 1. The molecule has 112 valence electrons. The van der Waals surface area contributed by atoms with E-state index in [1.165, 1.54) is 0 Å². The topological polar surface area (TPSA) is 43.4 Å². The van der Waals surface area contributed by atoms with Gasteiger partial charge in [-0.05, 0) is 44.7 Å². The second kappa shape index (κ2) is 7.64. The van der Waals surface area contributed by atoms with Gasteiger partial charge >= 0.3 is 0 Å². The van der Waals surface area contributed by atoms with Crippen molar-refractivity contribution < 1.29 is 9.47 Å². The number of pyridine rings is 1. The number of nitrogens with one attached hydrogen (secondary N) is 1. The fourth-order valence-electron chi connectivity index (χ4n) is 2.16. The highest BCUT2D eigenvalue weighted by Gasteiger charge is 2.09. The first-order valence-corrected chi connectivity index (χ1v) is 7.31. The van der Waals surface area contributed by atoms with Crippen molar-refractivity contribution in [3.8, 4) is 17.2 Å². The third kappa shape index (κ3) is 3.95. The molecule has 0 aliphatic heterocycles. The van der Waals surface area contributed by atoms with Crippen molar-refractivity contribution >= 4 is 0 Å². The molecule has 1 atom stereocenters. The molecule has 21 heavy (non-hydrogen) atoms. The van der Waals surface area contributed by atoms with E-state index in [1.54, 1.807) is 6.20 Å². The summed E-state index contributed by atoms with van der Waals surface area (Å²) >= 11 is 0. The van der Waals surface area contributed by atoms with E-state index in [2.05, 4.69) is 17.2 Å². The second-order valence-electron chi connectivity index (χ2n) is 4.65. The van der Waals surface area contributed by atoms with Gasteiger partial charge < -0.3 is 14.8 Å². The lowest BCUT2D eigenvalue weighted by Crippen LogP contribution is -2.16. The molecule has 1 aromatic heterocycles. The molecule has 0 spiro atoms. The van der Waals surface area contributed by atoms with Gasteiger partial charge in [-0.15, -0.1) is 0 Å². The van der Waals surface area contributed by atoms with Crippen LogP contribution in [0.4, 0.5) is 0 Å². The summed E-state index contributed by atoms with van der Waals surface area (Å²) in [5.74, 6) is 2.15. The van der Waals surface area contributed by atoms with Gasteiger partial charge in [-0.25, -0.2) is 0 Å². The van der Waals surface area contributed by atoms with Crippen LogP contribution >= 0.6 is 0 Å². The van der Waals surface area contributed by atoms with Gasteiger partial charge in [0.2, 0.25) is 0 Å². The second-order valence-corrected chi connectivity index (χ2v) is 4.65. The molecule has 1 heterocycles. The molecule has 0 fully saturated rings. The van der Waals surface area contributed by atoms with E-state index in [-0.39, 0.29) is 6.04 Å². The lowest BCUT2D eigenvalue weighted by atomic mass is 10.1. The normalized spacial score (nSPS) is 12.0. The van der Waals surface area contributed by atoms with E-state index in [9.17, 15) is 0 Å². The predicted molar refractivity (Wildman–Crippen MR) is 84.0 cm³/mol. The molecular formula is C17H22N2O2. The minimum Gasteiger partial charge on any atom is -0.490 e. The van der Waals surface area contributed by atoms with Crippen LogP contribution in [-0.4, -0.2) is 18.6 Å². The summed E-state index contributed by atoms with van der Waals surface area (Å²) in [6.45, 7) is 4.69. The maximum absolute atomic E-state index is 5.86. The van der Waals surface area contributed by atoms with Gasteiger partial charge in [0.1, 0.15) is 5.75 Å². The molecule has 4 nitrogen and oxygen atoms in total. The van der Waals surface area contributed by atoms with Crippen LogP contribution in [0.5, 0.6) is 17.2 Å². The largest absolute Gasteiger partial charge is 0.490 e. The van der Waals surface area contributed by atoms with Crippen LogP contribution in [0.25, 0.3) is 0 Å². The number of hydrogen-bond donors (Lipinski definition) is 1. The van der Waals surface area contributed by atoms with E-state index in [0.717, 1.165) is 17.9 Å². The molecule has 0 radical (unpaired) electrons. The molecule has 1 unspecified atom stereocenters. The minimum absolute atomic E-state index is 0.273. The molecule has 0 bridgehead atoms. The van der Waals surface area contributed by atoms with E-state index < -0.39 is 0 Å². The number of ether oxygens (including phenoxy) is 2. The quantitative estimate of drug-likeness (QED) is 0.837. The number of rotatable bonds is 7. The van der Waals surface area contributed by atoms with Crippen molar-refractivity contribution in [3.63, 3.8) is 0 Å². The Bertz CT molecular complexity index is 551. The Balaban J connectivity index is 2.13. The van der Waals surface area contributed by atoms with Gasteiger partial charge in [-0.1, -0.05) is 19.1 Å². The van der Waals surface area contributed by atoms with Gasteiger partial charge in [0.25, 0.3) is 0 Å². The monoisotopic (exact) mass is 286 g/mol. The highest BCUT2D eigenvalue weighted by Crippen LogP contribution is 2.31. The molecule has 0 amide bonds. The number of benzene rings is 1. The van der Waals surface area contributed by atoms with Crippen molar-refractivity contribution in [2.75, 3.05) is 13.7 Å². The Morgan fingerprint density at radius 3 is 2.43 bits per heavy atom. The molecule has 0 saturated carbocycles. The summed E-state index contributed by atoms with van der Waals surface area (Å²) in [5, 5.41) is 3.24. The Hall–Kier alpha value is -2.07. The van der Waals surface area contributed by atoms with Crippen LogP contribution in [-0.2, 0) is 0 Å². The van der Waals surface area contributed by atoms with Crippen molar-refractivity contribution in [3.05, 3.63) is 48.3 Å². The SMILES string of the molecule is CCOc1ccccc1Oc1ccc(C(CC)NC)nc1. The van der Waals surface area contributed by atoms with E-state index in [4.69, 9.17) is 9.47 Å². The maximum Gasteiger partial charge on any atom is 0.169 e. The number of aromatic nitrogens is 1. The molecule has 0 aliphatic carbocycles. The third-order valence-electron chi connectivity index (χ3n) is 3.25. The van der Waals surface area contributed by atoms with Gasteiger partial charge in [0.15, 0.2) is 11.5 Å². The van der Waals surface area contributed by atoms with E-state index in [0.29, 0.717) is 18.1 Å². The molecular weight excluding hydrogens is 264 g/mol.